The predicted molar refractivity (Wildman–Crippen MR) is 143 cm³/mol. The van der Waals surface area contributed by atoms with E-state index in [9.17, 15) is 14.9 Å². The SMILES string of the molecule is Cc1ccc(CC2SC(=C(C#N)C(=O)Nc3ccc(C)c(Cl)c3)N(c3ccccc3)C2=O)cc1Cl. The summed E-state index contributed by atoms with van der Waals surface area (Å²) in [6, 6.07) is 21.8. The minimum atomic E-state index is -0.609. The van der Waals surface area contributed by atoms with Gasteiger partial charge in [0, 0.05) is 21.4 Å². The van der Waals surface area contributed by atoms with Crippen molar-refractivity contribution in [3.63, 3.8) is 0 Å². The van der Waals surface area contributed by atoms with Crippen molar-refractivity contribution >= 4 is 58.2 Å². The van der Waals surface area contributed by atoms with E-state index in [-0.39, 0.29) is 11.5 Å². The van der Waals surface area contributed by atoms with Crippen LogP contribution in [0.3, 0.4) is 0 Å². The molecule has 1 atom stereocenters. The molecule has 0 aromatic heterocycles. The third-order valence-corrected chi connectivity index (χ3v) is 7.68. The van der Waals surface area contributed by atoms with Gasteiger partial charge in [-0.25, -0.2) is 0 Å². The van der Waals surface area contributed by atoms with Crippen molar-refractivity contribution < 1.29 is 9.59 Å². The van der Waals surface area contributed by atoms with E-state index in [1.807, 2.05) is 44.2 Å². The van der Waals surface area contributed by atoms with E-state index in [1.54, 1.807) is 42.5 Å². The highest BCUT2D eigenvalue weighted by Crippen LogP contribution is 2.42. The van der Waals surface area contributed by atoms with Crippen LogP contribution in [-0.4, -0.2) is 17.1 Å². The van der Waals surface area contributed by atoms with Gasteiger partial charge in [-0.2, -0.15) is 5.26 Å². The van der Waals surface area contributed by atoms with Crippen molar-refractivity contribution in [1.29, 1.82) is 5.26 Å². The lowest BCUT2D eigenvalue weighted by Crippen LogP contribution is -2.30. The lowest BCUT2D eigenvalue weighted by Gasteiger charge is -2.18. The zero-order chi connectivity index (χ0) is 25.1. The second-order valence-corrected chi connectivity index (χ2v) is 10.1. The van der Waals surface area contributed by atoms with Crippen molar-refractivity contribution in [3.8, 4) is 6.07 Å². The number of carbonyl (C=O) groups excluding carboxylic acids is 2. The molecule has 8 heteroatoms. The summed E-state index contributed by atoms with van der Waals surface area (Å²) >= 11 is 13.7. The quantitative estimate of drug-likeness (QED) is 0.300. The number of carbonyl (C=O) groups is 2. The van der Waals surface area contributed by atoms with Gasteiger partial charge in [0.15, 0.2) is 0 Å². The number of nitrogens with zero attached hydrogens (tertiary/aromatic N) is 2. The molecule has 0 bridgehead atoms. The van der Waals surface area contributed by atoms with E-state index in [4.69, 9.17) is 23.2 Å². The molecule has 35 heavy (non-hydrogen) atoms. The number of rotatable bonds is 5. The average Bonchev–Trinajstić information content (AvgIpc) is 3.15. The smallest absolute Gasteiger partial charge is 0.269 e. The van der Waals surface area contributed by atoms with Gasteiger partial charge in [0.1, 0.15) is 16.7 Å². The van der Waals surface area contributed by atoms with Crippen LogP contribution in [0.2, 0.25) is 10.0 Å². The summed E-state index contributed by atoms with van der Waals surface area (Å²) in [5, 5.41) is 13.6. The molecule has 0 radical (unpaired) electrons. The number of anilines is 2. The number of nitriles is 1. The second-order valence-electron chi connectivity index (χ2n) is 8.11. The van der Waals surface area contributed by atoms with Crippen LogP contribution in [0.1, 0.15) is 16.7 Å². The molecule has 0 spiro atoms. The molecule has 4 rings (SSSR count). The van der Waals surface area contributed by atoms with Gasteiger partial charge in [0.05, 0.1) is 5.25 Å². The van der Waals surface area contributed by atoms with E-state index in [2.05, 4.69) is 5.32 Å². The normalized spacial score (nSPS) is 16.7. The van der Waals surface area contributed by atoms with Crippen LogP contribution in [0.25, 0.3) is 0 Å². The molecule has 2 amide bonds. The summed E-state index contributed by atoms with van der Waals surface area (Å²) in [5.74, 6) is -0.811. The fraction of sp³-hybridized carbons (Fsp3) is 0.148. The van der Waals surface area contributed by atoms with Crippen molar-refractivity contribution in [2.45, 2.75) is 25.5 Å². The van der Waals surface area contributed by atoms with Gasteiger partial charge in [-0.3, -0.25) is 14.5 Å². The highest BCUT2D eigenvalue weighted by molar-refractivity contribution is 8.05. The number of para-hydroxylation sites is 1. The molecule has 1 fully saturated rings. The first-order valence-electron chi connectivity index (χ1n) is 10.8. The average molecular weight is 522 g/mol. The maximum absolute atomic E-state index is 13.5. The van der Waals surface area contributed by atoms with Gasteiger partial charge in [0.2, 0.25) is 5.91 Å². The monoisotopic (exact) mass is 521 g/mol. The van der Waals surface area contributed by atoms with Gasteiger partial charge in [-0.1, -0.05) is 71.4 Å². The number of nitrogens with one attached hydrogen (secondary N) is 1. The van der Waals surface area contributed by atoms with E-state index in [0.717, 1.165) is 16.7 Å². The summed E-state index contributed by atoms with van der Waals surface area (Å²) in [4.78, 5) is 28.1. The molecule has 1 N–H and O–H groups in total. The number of hydrogen-bond acceptors (Lipinski definition) is 4. The lowest BCUT2D eigenvalue weighted by molar-refractivity contribution is -0.117. The highest BCUT2D eigenvalue weighted by atomic mass is 35.5. The van der Waals surface area contributed by atoms with Crippen molar-refractivity contribution in [2.75, 3.05) is 10.2 Å². The highest BCUT2D eigenvalue weighted by Gasteiger charge is 2.40. The molecule has 1 aliphatic rings. The fourth-order valence-corrected chi connectivity index (χ4v) is 5.33. The van der Waals surface area contributed by atoms with Crippen LogP contribution < -0.4 is 10.2 Å². The standard InChI is InChI=1S/C27H21Cl2N3O2S/c1-16-8-10-18(12-22(16)28)13-24-26(34)32(20-6-4-3-5-7-20)27(35-24)21(15-30)25(33)31-19-11-9-17(2)23(29)14-19/h3-12,14,24H,13H2,1-2H3,(H,31,33). The molecule has 5 nitrogen and oxygen atoms in total. The summed E-state index contributed by atoms with van der Waals surface area (Å²) in [6.07, 6.45) is 0.407. The Labute approximate surface area is 218 Å². The maximum Gasteiger partial charge on any atom is 0.269 e. The molecule has 1 unspecified atom stereocenters. The summed E-state index contributed by atoms with van der Waals surface area (Å²) in [6.45, 7) is 3.77. The number of aryl methyl sites for hydroxylation is 2. The molecule has 3 aromatic rings. The van der Waals surface area contributed by atoms with Crippen LogP contribution in [0.5, 0.6) is 0 Å². The fourth-order valence-electron chi connectivity index (χ4n) is 3.64. The van der Waals surface area contributed by atoms with Crippen molar-refractivity contribution in [3.05, 3.63) is 104 Å². The first-order chi connectivity index (χ1) is 16.8. The molecule has 0 saturated carbocycles. The van der Waals surface area contributed by atoms with Crippen LogP contribution in [0, 0.1) is 25.2 Å². The van der Waals surface area contributed by atoms with Gasteiger partial charge in [-0.05, 0) is 67.3 Å². The number of hydrogen-bond donors (Lipinski definition) is 1. The molecule has 1 aliphatic heterocycles. The Morgan fingerprint density at radius 1 is 1.03 bits per heavy atom. The van der Waals surface area contributed by atoms with Crippen LogP contribution >= 0.6 is 35.0 Å². The first kappa shape index (κ1) is 24.9. The number of thioether (sulfide) groups is 1. The van der Waals surface area contributed by atoms with E-state index < -0.39 is 11.2 Å². The zero-order valence-electron chi connectivity index (χ0n) is 19.0. The summed E-state index contributed by atoms with van der Waals surface area (Å²) in [7, 11) is 0. The van der Waals surface area contributed by atoms with E-state index >= 15 is 0 Å². The lowest BCUT2D eigenvalue weighted by atomic mass is 10.1. The molecular formula is C27H21Cl2N3O2S. The molecule has 0 aliphatic carbocycles. The topological polar surface area (TPSA) is 73.2 Å². The third kappa shape index (κ3) is 5.38. The van der Waals surface area contributed by atoms with E-state index in [0.29, 0.717) is 32.9 Å². The van der Waals surface area contributed by atoms with Crippen molar-refractivity contribution in [2.24, 2.45) is 0 Å². The van der Waals surface area contributed by atoms with Gasteiger partial charge in [-0.15, -0.1) is 0 Å². The number of halogens is 2. The Balaban J connectivity index is 1.71. The summed E-state index contributed by atoms with van der Waals surface area (Å²) in [5.41, 5.74) is 3.63. The Morgan fingerprint density at radius 2 is 1.69 bits per heavy atom. The minimum Gasteiger partial charge on any atom is -0.321 e. The van der Waals surface area contributed by atoms with Crippen LogP contribution in [0.4, 0.5) is 11.4 Å². The number of amides is 2. The Hall–Kier alpha value is -3.24. The predicted octanol–water partition coefficient (Wildman–Crippen LogP) is 6.68. The molecule has 3 aromatic carbocycles. The van der Waals surface area contributed by atoms with Gasteiger partial charge in [0.25, 0.3) is 5.91 Å². The molecular weight excluding hydrogens is 501 g/mol. The Bertz CT molecular complexity index is 1380. The second kappa shape index (κ2) is 10.6. The van der Waals surface area contributed by atoms with Crippen molar-refractivity contribution in [1.82, 2.24) is 0 Å². The van der Waals surface area contributed by atoms with Gasteiger partial charge >= 0.3 is 0 Å². The Kier molecular flexibility index (Phi) is 7.51. The third-order valence-electron chi connectivity index (χ3n) is 5.61. The first-order valence-corrected chi connectivity index (χ1v) is 12.4. The van der Waals surface area contributed by atoms with Crippen LogP contribution in [-0.2, 0) is 16.0 Å². The largest absolute Gasteiger partial charge is 0.321 e. The molecule has 176 valence electrons. The summed E-state index contributed by atoms with van der Waals surface area (Å²) < 4.78 is 0. The molecule has 1 heterocycles. The Morgan fingerprint density at radius 3 is 2.31 bits per heavy atom. The van der Waals surface area contributed by atoms with Crippen LogP contribution in [0.15, 0.2) is 77.3 Å². The van der Waals surface area contributed by atoms with E-state index in [1.165, 1.54) is 16.7 Å². The maximum atomic E-state index is 13.5. The molecule has 1 saturated heterocycles. The minimum absolute atomic E-state index is 0.145. The zero-order valence-corrected chi connectivity index (χ0v) is 21.3. The van der Waals surface area contributed by atoms with Gasteiger partial charge < -0.3 is 5.32 Å². The number of benzene rings is 3.